The van der Waals surface area contributed by atoms with E-state index in [1.54, 1.807) is 11.1 Å². The standard InChI is InChI=1S/C19H23N5O2/c1-14(2)15-3-5-16(6-4-15)22-19(26)17-11-21-18(12-20-17)24-9-7-23(13-25)8-10-24/h3-6,11-14H,7-10H2,1-2H3,(H,22,26). The van der Waals surface area contributed by atoms with Crippen molar-refractivity contribution < 1.29 is 9.59 Å². The molecule has 0 unspecified atom stereocenters. The van der Waals surface area contributed by atoms with Gasteiger partial charge in [0, 0.05) is 31.9 Å². The van der Waals surface area contributed by atoms with Crippen LogP contribution in [0.25, 0.3) is 0 Å². The minimum absolute atomic E-state index is 0.271. The van der Waals surface area contributed by atoms with Gasteiger partial charge >= 0.3 is 0 Å². The fraction of sp³-hybridized carbons (Fsp3) is 0.368. The first-order valence-corrected chi connectivity index (χ1v) is 8.74. The molecule has 0 atom stereocenters. The zero-order chi connectivity index (χ0) is 18.5. The number of nitrogens with zero attached hydrogens (tertiary/aromatic N) is 4. The monoisotopic (exact) mass is 353 g/mol. The zero-order valence-corrected chi connectivity index (χ0v) is 15.1. The van der Waals surface area contributed by atoms with Gasteiger partial charge in [-0.25, -0.2) is 9.97 Å². The van der Waals surface area contributed by atoms with Gasteiger partial charge < -0.3 is 15.1 Å². The van der Waals surface area contributed by atoms with Gasteiger partial charge in [-0.1, -0.05) is 26.0 Å². The van der Waals surface area contributed by atoms with Gasteiger partial charge in [-0.15, -0.1) is 0 Å². The van der Waals surface area contributed by atoms with E-state index in [0.717, 1.165) is 12.1 Å². The Balaban J connectivity index is 1.61. The molecule has 0 aliphatic carbocycles. The van der Waals surface area contributed by atoms with Gasteiger partial charge in [-0.2, -0.15) is 0 Å². The van der Waals surface area contributed by atoms with E-state index >= 15 is 0 Å². The van der Waals surface area contributed by atoms with Crippen LogP contribution >= 0.6 is 0 Å². The van der Waals surface area contributed by atoms with E-state index in [0.29, 0.717) is 37.9 Å². The molecule has 7 nitrogen and oxygen atoms in total. The van der Waals surface area contributed by atoms with E-state index in [9.17, 15) is 9.59 Å². The predicted molar refractivity (Wildman–Crippen MR) is 100 cm³/mol. The molecule has 7 heteroatoms. The van der Waals surface area contributed by atoms with Gasteiger partial charge in [-0.3, -0.25) is 9.59 Å². The molecule has 136 valence electrons. The van der Waals surface area contributed by atoms with Crippen molar-refractivity contribution in [2.45, 2.75) is 19.8 Å². The van der Waals surface area contributed by atoms with Gasteiger partial charge in [0.1, 0.15) is 11.5 Å². The Labute approximate surface area is 153 Å². The molecule has 1 aliphatic heterocycles. The molecule has 0 spiro atoms. The molecular weight excluding hydrogens is 330 g/mol. The minimum atomic E-state index is -0.285. The van der Waals surface area contributed by atoms with Gasteiger partial charge in [0.25, 0.3) is 5.91 Å². The van der Waals surface area contributed by atoms with Crippen molar-refractivity contribution in [2.75, 3.05) is 36.4 Å². The molecule has 26 heavy (non-hydrogen) atoms. The number of hydrogen-bond donors (Lipinski definition) is 1. The summed E-state index contributed by atoms with van der Waals surface area (Å²) in [5, 5.41) is 2.84. The Kier molecular flexibility index (Phi) is 5.46. The van der Waals surface area contributed by atoms with Crippen molar-refractivity contribution in [1.82, 2.24) is 14.9 Å². The van der Waals surface area contributed by atoms with Crippen molar-refractivity contribution in [3.63, 3.8) is 0 Å². The van der Waals surface area contributed by atoms with Crippen LogP contribution in [0, 0.1) is 0 Å². The van der Waals surface area contributed by atoms with Crippen LogP contribution in [0.4, 0.5) is 11.5 Å². The number of aromatic nitrogens is 2. The summed E-state index contributed by atoms with van der Waals surface area (Å²) in [7, 11) is 0. The number of carbonyl (C=O) groups excluding carboxylic acids is 2. The average Bonchev–Trinajstić information content (AvgIpc) is 2.68. The second-order valence-electron chi connectivity index (χ2n) is 6.62. The summed E-state index contributed by atoms with van der Waals surface area (Å²) in [6.07, 6.45) is 3.96. The first-order chi connectivity index (χ1) is 12.6. The van der Waals surface area contributed by atoms with Crippen molar-refractivity contribution >= 4 is 23.8 Å². The van der Waals surface area contributed by atoms with Crippen LogP contribution < -0.4 is 10.2 Å². The molecule has 2 aromatic rings. The number of benzene rings is 1. The molecule has 1 aromatic carbocycles. The van der Waals surface area contributed by atoms with E-state index in [1.807, 2.05) is 24.3 Å². The highest BCUT2D eigenvalue weighted by atomic mass is 16.2. The number of amides is 2. The van der Waals surface area contributed by atoms with Crippen molar-refractivity contribution in [3.8, 4) is 0 Å². The maximum Gasteiger partial charge on any atom is 0.275 e. The van der Waals surface area contributed by atoms with Crippen LogP contribution in [0.2, 0.25) is 0 Å². The van der Waals surface area contributed by atoms with E-state index < -0.39 is 0 Å². The summed E-state index contributed by atoms with van der Waals surface area (Å²) in [4.78, 5) is 35.5. The van der Waals surface area contributed by atoms with Gasteiger partial charge in [0.15, 0.2) is 0 Å². The molecule has 1 aliphatic rings. The fourth-order valence-electron chi connectivity index (χ4n) is 2.80. The molecule has 2 amide bonds. The number of carbonyl (C=O) groups is 2. The molecular formula is C19H23N5O2. The first-order valence-electron chi connectivity index (χ1n) is 8.74. The minimum Gasteiger partial charge on any atom is -0.352 e. The summed E-state index contributed by atoms with van der Waals surface area (Å²) >= 11 is 0. The van der Waals surface area contributed by atoms with Crippen molar-refractivity contribution in [1.29, 1.82) is 0 Å². The molecule has 0 bridgehead atoms. The molecule has 3 rings (SSSR count). The summed E-state index contributed by atoms with van der Waals surface area (Å²) in [6.45, 7) is 7.01. The van der Waals surface area contributed by atoms with Crippen molar-refractivity contribution in [3.05, 3.63) is 47.9 Å². The van der Waals surface area contributed by atoms with Crippen molar-refractivity contribution in [2.24, 2.45) is 0 Å². The third-order valence-electron chi connectivity index (χ3n) is 4.49. The second kappa shape index (κ2) is 7.95. The normalized spacial score (nSPS) is 14.4. The highest BCUT2D eigenvalue weighted by molar-refractivity contribution is 6.02. The van der Waals surface area contributed by atoms with Crippen LogP contribution in [0.5, 0.6) is 0 Å². The Morgan fingerprint density at radius 1 is 1.08 bits per heavy atom. The largest absolute Gasteiger partial charge is 0.352 e. The quantitative estimate of drug-likeness (QED) is 0.833. The average molecular weight is 353 g/mol. The lowest BCUT2D eigenvalue weighted by molar-refractivity contribution is -0.118. The van der Waals surface area contributed by atoms with E-state index in [1.165, 1.54) is 11.8 Å². The van der Waals surface area contributed by atoms with Gasteiger partial charge in [0.2, 0.25) is 6.41 Å². The highest BCUT2D eigenvalue weighted by Gasteiger charge is 2.17. The number of rotatable bonds is 5. The predicted octanol–water partition coefficient (Wildman–Crippen LogP) is 2.13. The molecule has 1 fully saturated rings. The van der Waals surface area contributed by atoms with E-state index in [2.05, 4.69) is 34.0 Å². The molecule has 0 radical (unpaired) electrons. The SMILES string of the molecule is CC(C)c1ccc(NC(=O)c2cnc(N3CCN(C=O)CC3)cn2)cc1. The molecule has 1 saturated heterocycles. The highest BCUT2D eigenvalue weighted by Crippen LogP contribution is 2.18. The summed E-state index contributed by atoms with van der Waals surface area (Å²) in [5.41, 5.74) is 2.23. The summed E-state index contributed by atoms with van der Waals surface area (Å²) in [5.74, 6) is 0.882. The Morgan fingerprint density at radius 2 is 1.77 bits per heavy atom. The zero-order valence-electron chi connectivity index (χ0n) is 15.1. The third kappa shape index (κ3) is 4.17. The number of piperazine rings is 1. The Bertz CT molecular complexity index is 751. The van der Waals surface area contributed by atoms with Gasteiger partial charge in [0.05, 0.1) is 12.4 Å². The lowest BCUT2D eigenvalue weighted by Crippen LogP contribution is -2.46. The lowest BCUT2D eigenvalue weighted by atomic mass is 10.0. The summed E-state index contributed by atoms with van der Waals surface area (Å²) in [6, 6.07) is 7.80. The summed E-state index contributed by atoms with van der Waals surface area (Å²) < 4.78 is 0. The third-order valence-corrected chi connectivity index (χ3v) is 4.49. The molecule has 1 aromatic heterocycles. The Hall–Kier alpha value is -2.96. The smallest absolute Gasteiger partial charge is 0.275 e. The topological polar surface area (TPSA) is 78.4 Å². The van der Waals surface area contributed by atoms with Crippen LogP contribution in [0.15, 0.2) is 36.7 Å². The number of hydrogen-bond acceptors (Lipinski definition) is 5. The molecule has 0 saturated carbocycles. The lowest BCUT2D eigenvalue weighted by Gasteiger charge is -2.33. The van der Waals surface area contributed by atoms with Crippen LogP contribution in [0.1, 0.15) is 35.8 Å². The maximum absolute atomic E-state index is 12.3. The van der Waals surface area contributed by atoms with E-state index in [4.69, 9.17) is 0 Å². The second-order valence-corrected chi connectivity index (χ2v) is 6.62. The maximum atomic E-state index is 12.3. The van der Waals surface area contributed by atoms with Gasteiger partial charge in [-0.05, 0) is 23.6 Å². The first kappa shape index (κ1) is 17.8. The number of anilines is 2. The van der Waals surface area contributed by atoms with Crippen LogP contribution in [-0.2, 0) is 4.79 Å². The van der Waals surface area contributed by atoms with E-state index in [-0.39, 0.29) is 11.6 Å². The van der Waals surface area contributed by atoms with Crippen LogP contribution in [-0.4, -0.2) is 53.4 Å². The number of nitrogens with one attached hydrogen (secondary N) is 1. The molecule has 2 heterocycles. The fourth-order valence-corrected chi connectivity index (χ4v) is 2.80. The Morgan fingerprint density at radius 3 is 2.31 bits per heavy atom. The molecule has 1 N–H and O–H groups in total. The van der Waals surface area contributed by atoms with Crippen LogP contribution in [0.3, 0.4) is 0 Å².